The number of carbonyl (C=O) groups is 2. The van der Waals surface area contributed by atoms with Crippen LogP contribution in [0.5, 0.6) is 0 Å². The van der Waals surface area contributed by atoms with Crippen molar-refractivity contribution in [2.75, 3.05) is 44.7 Å². The predicted molar refractivity (Wildman–Crippen MR) is 89.8 cm³/mol. The predicted octanol–water partition coefficient (Wildman–Crippen LogP) is 0.808. The van der Waals surface area contributed by atoms with Crippen LogP contribution in [0.1, 0.15) is 19.3 Å². The van der Waals surface area contributed by atoms with Gasteiger partial charge in [0, 0.05) is 44.3 Å². The first-order chi connectivity index (χ1) is 11.9. The van der Waals surface area contributed by atoms with Gasteiger partial charge >= 0.3 is 5.97 Å². The molecule has 0 aliphatic carbocycles. The molecular weight excluding hydrogens is 327 g/mol. The third-order valence-electron chi connectivity index (χ3n) is 5.37. The zero-order valence-electron chi connectivity index (χ0n) is 14.3. The molecule has 1 aromatic rings. The molecule has 0 radical (unpaired) electrons. The largest absolute Gasteiger partial charge is 0.480 e. The van der Waals surface area contributed by atoms with Crippen LogP contribution in [0.25, 0.3) is 0 Å². The molecule has 0 aromatic carbocycles. The molecule has 1 aromatic heterocycles. The first-order valence-corrected chi connectivity index (χ1v) is 8.47. The highest BCUT2D eigenvalue weighted by molar-refractivity contribution is 5.81. The van der Waals surface area contributed by atoms with E-state index in [9.17, 15) is 14.0 Å². The Kier molecular flexibility index (Phi) is 4.89. The average molecular weight is 350 g/mol. The normalized spacial score (nSPS) is 25.3. The van der Waals surface area contributed by atoms with E-state index in [-0.39, 0.29) is 23.8 Å². The van der Waals surface area contributed by atoms with E-state index in [1.807, 2.05) is 11.9 Å². The van der Waals surface area contributed by atoms with Crippen LogP contribution in [0.3, 0.4) is 0 Å². The van der Waals surface area contributed by atoms with E-state index in [1.165, 1.54) is 11.0 Å². The number of nitrogens with zero attached hydrogens (tertiary/aromatic N) is 4. The Bertz CT molecular complexity index is 671. The summed E-state index contributed by atoms with van der Waals surface area (Å²) in [7, 11) is 2.02. The van der Waals surface area contributed by atoms with Crippen LogP contribution >= 0.6 is 0 Å². The van der Waals surface area contributed by atoms with Crippen LogP contribution in [0.15, 0.2) is 18.3 Å². The summed E-state index contributed by atoms with van der Waals surface area (Å²) >= 11 is 0. The number of carboxylic acids is 1. The number of aliphatic carboxylic acids is 1. The summed E-state index contributed by atoms with van der Waals surface area (Å²) in [5.74, 6) is -1.14. The molecule has 0 unspecified atom stereocenters. The zero-order valence-corrected chi connectivity index (χ0v) is 14.3. The second-order valence-corrected chi connectivity index (χ2v) is 6.84. The van der Waals surface area contributed by atoms with Crippen molar-refractivity contribution in [3.05, 3.63) is 24.1 Å². The fourth-order valence-electron chi connectivity index (χ4n) is 3.81. The quantitative estimate of drug-likeness (QED) is 0.869. The molecular formula is C17H23FN4O3. The molecule has 25 heavy (non-hydrogen) atoms. The number of carbonyl (C=O) groups excluding carboxylic acids is 1. The van der Waals surface area contributed by atoms with Crippen LogP contribution in [-0.2, 0) is 9.59 Å². The summed E-state index contributed by atoms with van der Waals surface area (Å²) in [5, 5.41) is 8.99. The summed E-state index contributed by atoms with van der Waals surface area (Å²) in [5.41, 5.74) is -0.287. The molecule has 2 aliphatic heterocycles. The van der Waals surface area contributed by atoms with Gasteiger partial charge in [0.25, 0.3) is 0 Å². The highest BCUT2D eigenvalue weighted by Gasteiger charge is 2.43. The maximum atomic E-state index is 14.1. The third kappa shape index (κ3) is 3.58. The Morgan fingerprint density at radius 3 is 2.88 bits per heavy atom. The average Bonchev–Trinajstić information content (AvgIpc) is 2.72. The molecule has 0 bridgehead atoms. The van der Waals surface area contributed by atoms with Gasteiger partial charge in [-0.25, -0.2) is 9.37 Å². The maximum absolute atomic E-state index is 14.1. The number of pyridine rings is 1. The van der Waals surface area contributed by atoms with Gasteiger partial charge in [-0.2, -0.15) is 0 Å². The molecule has 0 saturated carbocycles. The van der Waals surface area contributed by atoms with E-state index >= 15 is 0 Å². The summed E-state index contributed by atoms with van der Waals surface area (Å²) < 4.78 is 14.1. The van der Waals surface area contributed by atoms with Gasteiger partial charge in [-0.05, 0) is 32.0 Å². The van der Waals surface area contributed by atoms with Crippen LogP contribution in [-0.4, -0.2) is 77.1 Å². The van der Waals surface area contributed by atoms with Crippen LogP contribution in [0.2, 0.25) is 0 Å². The van der Waals surface area contributed by atoms with Crippen molar-refractivity contribution in [3.63, 3.8) is 0 Å². The molecule has 2 saturated heterocycles. The van der Waals surface area contributed by atoms with E-state index in [1.54, 1.807) is 12.3 Å². The van der Waals surface area contributed by atoms with E-state index in [0.29, 0.717) is 44.7 Å². The van der Waals surface area contributed by atoms with Gasteiger partial charge in [0.15, 0.2) is 11.6 Å². The van der Waals surface area contributed by atoms with Gasteiger partial charge < -0.3 is 14.9 Å². The molecule has 1 spiro atoms. The highest BCUT2D eigenvalue weighted by atomic mass is 19.1. The lowest BCUT2D eigenvalue weighted by Crippen LogP contribution is -2.61. The Balaban J connectivity index is 1.80. The number of aromatic nitrogens is 1. The molecule has 1 N–H and O–H groups in total. The summed E-state index contributed by atoms with van der Waals surface area (Å²) in [4.78, 5) is 33.0. The second-order valence-electron chi connectivity index (χ2n) is 6.84. The molecule has 1 atom stereocenters. The second kappa shape index (κ2) is 6.95. The van der Waals surface area contributed by atoms with Crippen molar-refractivity contribution in [1.29, 1.82) is 0 Å². The first kappa shape index (κ1) is 17.6. The minimum atomic E-state index is -1.00. The molecule has 2 fully saturated rings. The van der Waals surface area contributed by atoms with Crippen molar-refractivity contribution in [2.24, 2.45) is 0 Å². The van der Waals surface area contributed by atoms with Gasteiger partial charge in [0.05, 0.1) is 0 Å². The number of halogens is 1. The maximum Gasteiger partial charge on any atom is 0.323 e. The number of anilines is 1. The number of likely N-dealkylation sites (N-methyl/N-ethyl adjacent to an activating group) is 1. The van der Waals surface area contributed by atoms with Crippen molar-refractivity contribution < 1.29 is 19.1 Å². The SMILES string of the molecule is CN1CCN(c2ncccc2F)C[C@]12CCC(=O)N(CC(=O)O)CC2. The van der Waals surface area contributed by atoms with Crippen molar-refractivity contribution in [1.82, 2.24) is 14.8 Å². The zero-order chi connectivity index (χ0) is 18.0. The molecule has 136 valence electrons. The number of hydrogen-bond donors (Lipinski definition) is 1. The molecule has 8 heteroatoms. The fraction of sp³-hybridized carbons (Fsp3) is 0.588. The van der Waals surface area contributed by atoms with Gasteiger partial charge in [-0.15, -0.1) is 0 Å². The van der Waals surface area contributed by atoms with Crippen LogP contribution in [0, 0.1) is 5.82 Å². The van der Waals surface area contributed by atoms with Crippen molar-refractivity contribution in [2.45, 2.75) is 24.8 Å². The summed E-state index contributed by atoms with van der Waals surface area (Å²) in [6.07, 6.45) is 3.17. The highest BCUT2D eigenvalue weighted by Crippen LogP contribution is 2.34. The van der Waals surface area contributed by atoms with Gasteiger partial charge in [-0.1, -0.05) is 0 Å². The number of likely N-dealkylation sites (tertiary alicyclic amines) is 1. The molecule has 3 rings (SSSR count). The number of piperazine rings is 1. The minimum absolute atomic E-state index is 0.131. The van der Waals surface area contributed by atoms with Crippen LogP contribution < -0.4 is 4.90 Å². The number of amides is 1. The third-order valence-corrected chi connectivity index (χ3v) is 5.37. The van der Waals surface area contributed by atoms with Crippen LogP contribution in [0.4, 0.5) is 10.2 Å². The van der Waals surface area contributed by atoms with E-state index < -0.39 is 5.97 Å². The van der Waals surface area contributed by atoms with E-state index in [2.05, 4.69) is 9.88 Å². The van der Waals surface area contributed by atoms with E-state index in [4.69, 9.17) is 5.11 Å². The molecule has 3 heterocycles. The lowest BCUT2D eigenvalue weighted by atomic mass is 9.86. The molecule has 2 aliphatic rings. The Morgan fingerprint density at radius 1 is 1.36 bits per heavy atom. The first-order valence-electron chi connectivity index (χ1n) is 8.47. The number of rotatable bonds is 3. The Hall–Kier alpha value is -2.22. The molecule has 1 amide bonds. The lowest BCUT2D eigenvalue weighted by Gasteiger charge is -2.49. The van der Waals surface area contributed by atoms with Gasteiger partial charge in [-0.3, -0.25) is 14.5 Å². The van der Waals surface area contributed by atoms with Crippen molar-refractivity contribution in [3.8, 4) is 0 Å². The Labute approximate surface area is 146 Å². The standard InChI is InChI=1S/C17H23FN4O3/c1-20-9-10-22(16-13(18)3-2-7-19-16)12-17(20)5-4-14(23)21(8-6-17)11-15(24)25/h2-3,7H,4-6,8-12H2,1H3,(H,24,25)/t17-/m1/s1. The van der Waals surface area contributed by atoms with Gasteiger partial charge in [0.1, 0.15) is 6.54 Å². The van der Waals surface area contributed by atoms with Gasteiger partial charge in [0.2, 0.25) is 5.91 Å². The topological polar surface area (TPSA) is 77.0 Å². The lowest BCUT2D eigenvalue weighted by molar-refractivity contribution is -0.144. The monoisotopic (exact) mass is 350 g/mol. The Morgan fingerprint density at radius 2 is 2.16 bits per heavy atom. The summed E-state index contributed by atoms with van der Waals surface area (Å²) in [6, 6.07) is 2.97. The number of hydrogen-bond acceptors (Lipinski definition) is 5. The molecule has 7 nitrogen and oxygen atoms in total. The summed E-state index contributed by atoms with van der Waals surface area (Å²) in [6.45, 7) is 2.11. The smallest absolute Gasteiger partial charge is 0.323 e. The fourth-order valence-corrected chi connectivity index (χ4v) is 3.81. The van der Waals surface area contributed by atoms with E-state index in [0.717, 1.165) is 6.54 Å². The number of carboxylic acid groups (broad SMARTS) is 1. The minimum Gasteiger partial charge on any atom is -0.480 e. The van der Waals surface area contributed by atoms with Crippen molar-refractivity contribution >= 4 is 17.7 Å².